The molecular formula is C20H27NO2. The molecular weight excluding hydrogens is 286 g/mol. The quantitative estimate of drug-likeness (QED) is 0.688. The van der Waals surface area contributed by atoms with Crippen molar-refractivity contribution in [3.63, 3.8) is 0 Å². The van der Waals surface area contributed by atoms with Crippen molar-refractivity contribution in [3.05, 3.63) is 59.7 Å². The van der Waals surface area contributed by atoms with E-state index in [0.717, 1.165) is 44.5 Å². The molecule has 0 aliphatic heterocycles. The Hall–Kier alpha value is -2.00. The Morgan fingerprint density at radius 3 is 2.04 bits per heavy atom. The zero-order valence-corrected chi connectivity index (χ0v) is 13.9. The average Bonchev–Trinajstić information content (AvgIpc) is 2.57. The Morgan fingerprint density at radius 2 is 1.43 bits per heavy atom. The molecule has 2 aromatic carbocycles. The Balaban J connectivity index is 1.69. The first-order chi connectivity index (χ1) is 11.2. The smallest absolute Gasteiger partial charge is 0.157 e. The zero-order chi connectivity index (χ0) is 16.5. The molecule has 2 rings (SSSR count). The van der Waals surface area contributed by atoms with Gasteiger partial charge < -0.3 is 15.1 Å². The molecule has 0 saturated carbocycles. The minimum absolute atomic E-state index is 0.0299. The van der Waals surface area contributed by atoms with Gasteiger partial charge in [-0.3, -0.25) is 0 Å². The lowest BCUT2D eigenvalue weighted by molar-refractivity contribution is 0.281. The summed E-state index contributed by atoms with van der Waals surface area (Å²) in [6.07, 6.45) is 4.29. The highest BCUT2D eigenvalue weighted by Crippen LogP contribution is 2.25. The van der Waals surface area contributed by atoms with E-state index < -0.39 is 0 Å². The number of phenols is 2. The molecule has 0 fully saturated rings. The largest absolute Gasteiger partial charge is 0.504 e. The first-order valence-corrected chi connectivity index (χ1v) is 8.46. The molecule has 23 heavy (non-hydrogen) atoms. The molecule has 0 amide bonds. The van der Waals surface area contributed by atoms with Crippen molar-refractivity contribution in [2.45, 2.75) is 32.6 Å². The van der Waals surface area contributed by atoms with Crippen LogP contribution in [0.5, 0.6) is 11.5 Å². The normalized spacial score (nSPS) is 11.0. The highest BCUT2D eigenvalue weighted by Gasteiger charge is 2.04. The second-order valence-corrected chi connectivity index (χ2v) is 5.95. The van der Waals surface area contributed by atoms with Crippen molar-refractivity contribution in [1.29, 1.82) is 0 Å². The average molecular weight is 313 g/mol. The second kappa shape index (κ2) is 9.21. The Bertz CT molecular complexity index is 583. The van der Waals surface area contributed by atoms with Crippen LogP contribution in [0.3, 0.4) is 0 Å². The number of hydrogen-bond donors (Lipinski definition) is 2. The van der Waals surface area contributed by atoms with E-state index in [-0.39, 0.29) is 11.5 Å². The number of aryl methyl sites for hydroxylation is 2. The summed E-state index contributed by atoms with van der Waals surface area (Å²) >= 11 is 0. The summed E-state index contributed by atoms with van der Waals surface area (Å²) < 4.78 is 0. The number of hydrogen-bond acceptors (Lipinski definition) is 3. The molecule has 124 valence electrons. The van der Waals surface area contributed by atoms with E-state index in [0.29, 0.717) is 0 Å². The van der Waals surface area contributed by atoms with E-state index in [1.807, 2.05) is 6.07 Å². The van der Waals surface area contributed by atoms with Crippen LogP contribution in [0.4, 0.5) is 0 Å². The Labute approximate surface area is 139 Å². The standard InChI is InChI=1S/C20H27NO2/c1-2-21(14-6-10-17-8-4-3-5-9-17)15-7-11-18-12-13-19(22)20(23)16-18/h3-5,8-9,12-13,16,22-23H,2,6-7,10-11,14-15H2,1H3. The predicted molar refractivity (Wildman–Crippen MR) is 95.0 cm³/mol. The fraction of sp³-hybridized carbons (Fsp3) is 0.400. The minimum Gasteiger partial charge on any atom is -0.504 e. The summed E-state index contributed by atoms with van der Waals surface area (Å²) in [6, 6.07) is 15.7. The molecule has 0 aliphatic carbocycles. The zero-order valence-electron chi connectivity index (χ0n) is 13.9. The van der Waals surface area contributed by atoms with Crippen molar-refractivity contribution >= 4 is 0 Å². The third kappa shape index (κ3) is 5.95. The van der Waals surface area contributed by atoms with Crippen LogP contribution in [0.1, 0.15) is 30.9 Å². The molecule has 2 N–H and O–H groups in total. The van der Waals surface area contributed by atoms with Crippen molar-refractivity contribution in [3.8, 4) is 11.5 Å². The lowest BCUT2D eigenvalue weighted by Gasteiger charge is -2.20. The van der Waals surface area contributed by atoms with E-state index in [4.69, 9.17) is 0 Å². The maximum absolute atomic E-state index is 9.52. The van der Waals surface area contributed by atoms with E-state index >= 15 is 0 Å². The van der Waals surface area contributed by atoms with E-state index in [9.17, 15) is 10.2 Å². The second-order valence-electron chi connectivity index (χ2n) is 5.95. The molecule has 0 unspecified atom stereocenters. The van der Waals surface area contributed by atoms with Gasteiger partial charge in [-0.25, -0.2) is 0 Å². The molecule has 3 nitrogen and oxygen atoms in total. The molecule has 0 aromatic heterocycles. The van der Waals surface area contributed by atoms with Gasteiger partial charge in [-0.05, 0) is 68.6 Å². The minimum atomic E-state index is -0.0511. The van der Waals surface area contributed by atoms with Gasteiger partial charge in [-0.15, -0.1) is 0 Å². The predicted octanol–water partition coefficient (Wildman–Crippen LogP) is 3.99. The highest BCUT2D eigenvalue weighted by atomic mass is 16.3. The molecule has 0 spiro atoms. The molecule has 0 radical (unpaired) electrons. The number of nitrogens with zero attached hydrogens (tertiary/aromatic N) is 1. The topological polar surface area (TPSA) is 43.7 Å². The Kier molecular flexibility index (Phi) is 6.95. The van der Waals surface area contributed by atoms with Gasteiger partial charge in [0.15, 0.2) is 11.5 Å². The summed E-state index contributed by atoms with van der Waals surface area (Å²) in [5, 5.41) is 18.8. The van der Waals surface area contributed by atoms with E-state index in [1.54, 1.807) is 12.1 Å². The highest BCUT2D eigenvalue weighted by molar-refractivity contribution is 5.40. The summed E-state index contributed by atoms with van der Waals surface area (Å²) in [5.41, 5.74) is 2.48. The molecule has 0 saturated heterocycles. The van der Waals surface area contributed by atoms with Crippen LogP contribution in [0.2, 0.25) is 0 Å². The third-order valence-electron chi connectivity index (χ3n) is 4.21. The van der Waals surface area contributed by atoms with Crippen LogP contribution in [0.25, 0.3) is 0 Å². The summed E-state index contributed by atoms with van der Waals surface area (Å²) in [5.74, 6) is -0.0810. The molecule has 0 aliphatic rings. The van der Waals surface area contributed by atoms with Gasteiger partial charge in [-0.1, -0.05) is 43.3 Å². The monoisotopic (exact) mass is 313 g/mol. The summed E-state index contributed by atoms with van der Waals surface area (Å²) in [4.78, 5) is 2.48. The van der Waals surface area contributed by atoms with Crippen molar-refractivity contribution in [2.24, 2.45) is 0 Å². The van der Waals surface area contributed by atoms with Gasteiger partial charge in [0.25, 0.3) is 0 Å². The first kappa shape index (κ1) is 17.4. The summed E-state index contributed by atoms with van der Waals surface area (Å²) in [6.45, 7) is 5.45. The first-order valence-electron chi connectivity index (χ1n) is 8.46. The number of rotatable bonds is 9. The maximum atomic E-state index is 9.52. The summed E-state index contributed by atoms with van der Waals surface area (Å²) in [7, 11) is 0. The van der Waals surface area contributed by atoms with Gasteiger partial charge in [0.05, 0.1) is 0 Å². The van der Waals surface area contributed by atoms with Crippen LogP contribution >= 0.6 is 0 Å². The van der Waals surface area contributed by atoms with Crippen LogP contribution in [0, 0.1) is 0 Å². The fourth-order valence-corrected chi connectivity index (χ4v) is 2.81. The van der Waals surface area contributed by atoms with E-state index in [2.05, 4.69) is 42.2 Å². The number of aromatic hydroxyl groups is 2. The van der Waals surface area contributed by atoms with E-state index in [1.165, 1.54) is 12.0 Å². The van der Waals surface area contributed by atoms with Gasteiger partial charge in [-0.2, -0.15) is 0 Å². The maximum Gasteiger partial charge on any atom is 0.157 e. The van der Waals surface area contributed by atoms with Crippen molar-refractivity contribution in [2.75, 3.05) is 19.6 Å². The lowest BCUT2D eigenvalue weighted by atomic mass is 10.1. The van der Waals surface area contributed by atoms with Crippen LogP contribution < -0.4 is 0 Å². The fourth-order valence-electron chi connectivity index (χ4n) is 2.81. The van der Waals surface area contributed by atoms with Crippen molar-refractivity contribution in [1.82, 2.24) is 4.90 Å². The molecule has 2 aromatic rings. The van der Waals surface area contributed by atoms with Crippen LogP contribution in [-0.2, 0) is 12.8 Å². The van der Waals surface area contributed by atoms with Gasteiger partial charge in [0.2, 0.25) is 0 Å². The molecule has 0 atom stereocenters. The SMILES string of the molecule is CCN(CCCc1ccccc1)CCCc1ccc(O)c(O)c1. The van der Waals surface area contributed by atoms with Gasteiger partial charge in [0, 0.05) is 0 Å². The van der Waals surface area contributed by atoms with Crippen molar-refractivity contribution < 1.29 is 10.2 Å². The van der Waals surface area contributed by atoms with Gasteiger partial charge >= 0.3 is 0 Å². The molecule has 0 heterocycles. The lowest BCUT2D eigenvalue weighted by Crippen LogP contribution is -2.26. The number of benzene rings is 2. The van der Waals surface area contributed by atoms with Crippen LogP contribution in [-0.4, -0.2) is 34.7 Å². The van der Waals surface area contributed by atoms with Crippen LogP contribution in [0.15, 0.2) is 48.5 Å². The molecule has 0 bridgehead atoms. The molecule has 3 heteroatoms. The Morgan fingerprint density at radius 1 is 0.783 bits per heavy atom. The number of phenolic OH excluding ortho intramolecular Hbond substituents is 2. The third-order valence-corrected chi connectivity index (χ3v) is 4.21. The van der Waals surface area contributed by atoms with Gasteiger partial charge in [0.1, 0.15) is 0 Å².